The second-order valence-electron chi connectivity index (χ2n) is 6.68. The van der Waals surface area contributed by atoms with Gasteiger partial charge in [-0.2, -0.15) is 0 Å². The highest BCUT2D eigenvalue weighted by Crippen LogP contribution is 2.16. The molecule has 0 aromatic heterocycles. The molecule has 0 bridgehead atoms. The summed E-state index contributed by atoms with van der Waals surface area (Å²) in [4.78, 5) is 2.63. The van der Waals surface area contributed by atoms with E-state index in [1.807, 2.05) is 6.07 Å². The van der Waals surface area contributed by atoms with E-state index in [0.717, 1.165) is 31.2 Å². The van der Waals surface area contributed by atoms with E-state index in [1.165, 1.54) is 18.5 Å². The van der Waals surface area contributed by atoms with Crippen LogP contribution in [0.4, 0.5) is 0 Å². The standard InChI is InChI=1S/C18H30N2O/c1-14(2)10-17-13-20(15(3)12-19-17)9-8-16-6-5-7-18(11-16)21-4/h5-7,11,14-15,17,19H,8-10,12-13H2,1-4H3. The lowest BCUT2D eigenvalue weighted by molar-refractivity contribution is 0.133. The van der Waals surface area contributed by atoms with Crippen molar-refractivity contribution >= 4 is 0 Å². The molecular formula is C18H30N2O. The topological polar surface area (TPSA) is 24.5 Å². The second-order valence-corrected chi connectivity index (χ2v) is 6.68. The van der Waals surface area contributed by atoms with E-state index in [-0.39, 0.29) is 0 Å². The molecule has 2 unspecified atom stereocenters. The predicted octanol–water partition coefficient (Wildman–Crippen LogP) is 2.95. The second kappa shape index (κ2) is 7.81. The monoisotopic (exact) mass is 290 g/mol. The molecule has 1 N–H and O–H groups in total. The number of nitrogens with one attached hydrogen (secondary N) is 1. The molecule has 3 heteroatoms. The van der Waals surface area contributed by atoms with Crippen molar-refractivity contribution in [2.24, 2.45) is 5.92 Å². The van der Waals surface area contributed by atoms with Crippen LogP contribution >= 0.6 is 0 Å². The molecule has 0 radical (unpaired) electrons. The van der Waals surface area contributed by atoms with Gasteiger partial charge in [-0.1, -0.05) is 26.0 Å². The number of hydrogen-bond acceptors (Lipinski definition) is 3. The van der Waals surface area contributed by atoms with Crippen molar-refractivity contribution in [1.29, 1.82) is 0 Å². The van der Waals surface area contributed by atoms with Crippen LogP contribution in [-0.4, -0.2) is 43.7 Å². The first-order valence-corrected chi connectivity index (χ1v) is 8.19. The molecule has 1 saturated heterocycles. The van der Waals surface area contributed by atoms with Crippen LogP contribution in [0, 0.1) is 5.92 Å². The van der Waals surface area contributed by atoms with Gasteiger partial charge in [-0.05, 0) is 43.4 Å². The Bertz CT molecular complexity index is 433. The molecule has 2 rings (SSSR count). The Hall–Kier alpha value is -1.06. The molecule has 1 aromatic rings. The third-order valence-electron chi connectivity index (χ3n) is 4.36. The number of ether oxygens (including phenoxy) is 1. The number of piperazine rings is 1. The fraction of sp³-hybridized carbons (Fsp3) is 0.667. The normalized spacial score (nSPS) is 23.5. The Morgan fingerprint density at radius 3 is 2.90 bits per heavy atom. The van der Waals surface area contributed by atoms with Gasteiger partial charge in [-0.3, -0.25) is 4.90 Å². The minimum atomic E-state index is 0.624. The first-order chi connectivity index (χ1) is 10.1. The van der Waals surface area contributed by atoms with E-state index in [4.69, 9.17) is 4.74 Å². The number of methoxy groups -OCH3 is 1. The van der Waals surface area contributed by atoms with Gasteiger partial charge >= 0.3 is 0 Å². The maximum Gasteiger partial charge on any atom is 0.119 e. The average Bonchev–Trinajstić information content (AvgIpc) is 2.47. The maximum atomic E-state index is 5.30. The summed E-state index contributed by atoms with van der Waals surface area (Å²) in [6.45, 7) is 10.3. The van der Waals surface area contributed by atoms with Crippen LogP contribution < -0.4 is 10.1 Å². The van der Waals surface area contributed by atoms with Crippen molar-refractivity contribution in [3.63, 3.8) is 0 Å². The average molecular weight is 290 g/mol. The molecule has 0 aliphatic carbocycles. The first kappa shape index (κ1) is 16.3. The highest BCUT2D eigenvalue weighted by Gasteiger charge is 2.24. The Morgan fingerprint density at radius 1 is 1.38 bits per heavy atom. The number of benzene rings is 1. The van der Waals surface area contributed by atoms with Gasteiger partial charge in [0.1, 0.15) is 5.75 Å². The molecule has 1 aliphatic rings. The van der Waals surface area contributed by atoms with Gasteiger partial charge in [0.2, 0.25) is 0 Å². The van der Waals surface area contributed by atoms with Crippen LogP contribution in [0.5, 0.6) is 5.75 Å². The quantitative estimate of drug-likeness (QED) is 0.872. The Labute approximate surface area is 129 Å². The molecule has 0 spiro atoms. The van der Waals surface area contributed by atoms with Gasteiger partial charge in [0, 0.05) is 31.7 Å². The summed E-state index contributed by atoms with van der Waals surface area (Å²) in [6, 6.07) is 9.71. The van der Waals surface area contributed by atoms with Crippen molar-refractivity contribution < 1.29 is 4.74 Å². The fourth-order valence-corrected chi connectivity index (χ4v) is 3.13. The third-order valence-corrected chi connectivity index (χ3v) is 4.36. The molecular weight excluding hydrogens is 260 g/mol. The Balaban J connectivity index is 1.88. The summed E-state index contributed by atoms with van der Waals surface area (Å²) in [5, 5.41) is 3.68. The highest BCUT2D eigenvalue weighted by molar-refractivity contribution is 5.28. The molecule has 1 heterocycles. The zero-order valence-corrected chi connectivity index (χ0v) is 13.9. The lowest BCUT2D eigenvalue weighted by Gasteiger charge is -2.39. The summed E-state index contributed by atoms with van der Waals surface area (Å²) in [5.41, 5.74) is 1.36. The third kappa shape index (κ3) is 5.01. The summed E-state index contributed by atoms with van der Waals surface area (Å²) in [6.07, 6.45) is 2.36. The van der Waals surface area contributed by atoms with Crippen LogP contribution in [0.1, 0.15) is 32.8 Å². The van der Waals surface area contributed by atoms with Gasteiger partial charge in [0.15, 0.2) is 0 Å². The fourth-order valence-electron chi connectivity index (χ4n) is 3.13. The molecule has 1 aliphatic heterocycles. The molecule has 1 fully saturated rings. The number of nitrogens with zero attached hydrogens (tertiary/aromatic N) is 1. The largest absolute Gasteiger partial charge is 0.497 e. The van der Waals surface area contributed by atoms with E-state index in [1.54, 1.807) is 7.11 Å². The van der Waals surface area contributed by atoms with E-state index < -0.39 is 0 Å². The predicted molar refractivity (Wildman–Crippen MR) is 89.0 cm³/mol. The Kier molecular flexibility index (Phi) is 6.07. The SMILES string of the molecule is COc1cccc(CCN2CC(CC(C)C)NCC2C)c1. The van der Waals surface area contributed by atoms with Gasteiger partial charge in [-0.25, -0.2) is 0 Å². The van der Waals surface area contributed by atoms with Gasteiger partial charge in [-0.15, -0.1) is 0 Å². The van der Waals surface area contributed by atoms with Crippen LogP contribution in [0.2, 0.25) is 0 Å². The summed E-state index contributed by atoms with van der Waals surface area (Å²) >= 11 is 0. The van der Waals surface area contributed by atoms with E-state index in [0.29, 0.717) is 12.1 Å². The minimum Gasteiger partial charge on any atom is -0.497 e. The Morgan fingerprint density at radius 2 is 2.19 bits per heavy atom. The van der Waals surface area contributed by atoms with Crippen LogP contribution in [0.3, 0.4) is 0 Å². The van der Waals surface area contributed by atoms with Gasteiger partial charge < -0.3 is 10.1 Å². The summed E-state index contributed by atoms with van der Waals surface area (Å²) in [5.74, 6) is 1.72. The smallest absolute Gasteiger partial charge is 0.119 e. The molecule has 1 aromatic carbocycles. The minimum absolute atomic E-state index is 0.624. The molecule has 3 nitrogen and oxygen atoms in total. The summed E-state index contributed by atoms with van der Waals surface area (Å²) in [7, 11) is 1.73. The van der Waals surface area contributed by atoms with Gasteiger partial charge in [0.05, 0.1) is 7.11 Å². The molecule has 2 atom stereocenters. The summed E-state index contributed by atoms with van der Waals surface area (Å²) < 4.78 is 5.30. The van der Waals surface area contributed by atoms with Crippen LogP contribution in [0.15, 0.2) is 24.3 Å². The maximum absolute atomic E-state index is 5.30. The number of hydrogen-bond donors (Lipinski definition) is 1. The molecule has 118 valence electrons. The first-order valence-electron chi connectivity index (χ1n) is 8.19. The van der Waals surface area contributed by atoms with Crippen molar-refractivity contribution in [1.82, 2.24) is 10.2 Å². The zero-order chi connectivity index (χ0) is 15.2. The zero-order valence-electron chi connectivity index (χ0n) is 13.9. The molecule has 21 heavy (non-hydrogen) atoms. The van der Waals surface area contributed by atoms with Crippen molar-refractivity contribution in [2.45, 2.75) is 45.7 Å². The molecule has 0 amide bonds. The van der Waals surface area contributed by atoms with E-state index >= 15 is 0 Å². The lowest BCUT2D eigenvalue weighted by atomic mass is 9.99. The van der Waals surface area contributed by atoms with Crippen LogP contribution in [0.25, 0.3) is 0 Å². The van der Waals surface area contributed by atoms with Crippen LogP contribution in [-0.2, 0) is 6.42 Å². The molecule has 0 saturated carbocycles. The van der Waals surface area contributed by atoms with Gasteiger partial charge in [0.25, 0.3) is 0 Å². The van der Waals surface area contributed by atoms with Crippen molar-refractivity contribution in [3.05, 3.63) is 29.8 Å². The van der Waals surface area contributed by atoms with E-state index in [2.05, 4.69) is 49.2 Å². The van der Waals surface area contributed by atoms with Crippen molar-refractivity contribution in [2.75, 3.05) is 26.7 Å². The lowest BCUT2D eigenvalue weighted by Crippen LogP contribution is -2.56. The van der Waals surface area contributed by atoms with Crippen molar-refractivity contribution in [3.8, 4) is 5.75 Å². The highest BCUT2D eigenvalue weighted by atomic mass is 16.5. The van der Waals surface area contributed by atoms with E-state index in [9.17, 15) is 0 Å². The number of rotatable bonds is 6.